The Labute approximate surface area is 440 Å². The molecule has 0 saturated carbocycles. The first kappa shape index (κ1) is 69.2. The molecule has 3 unspecified atom stereocenters. The summed E-state index contributed by atoms with van der Waals surface area (Å²) in [5.41, 5.74) is 0. The maximum Gasteiger partial charge on any atom is 0.306 e. The normalized spacial score (nSPS) is 14.0. The van der Waals surface area contributed by atoms with Crippen molar-refractivity contribution in [1.82, 2.24) is 5.32 Å². The highest BCUT2D eigenvalue weighted by Crippen LogP contribution is 2.38. The molecule has 0 aromatic rings. The number of nitrogens with one attached hydrogen (secondary N) is 1. The number of rotatable bonds is 55. The largest absolute Gasteiger partial charge is 0.756 e. The van der Waals surface area contributed by atoms with Gasteiger partial charge in [-0.1, -0.05) is 257 Å². The Kier molecular flexibility index (Phi) is 50.4. The lowest BCUT2D eigenvalue weighted by Gasteiger charge is -2.30. The second-order valence-corrected chi connectivity index (χ2v) is 23.2. The van der Waals surface area contributed by atoms with Crippen molar-refractivity contribution in [3.05, 3.63) is 36.5 Å². The number of allylic oxidation sites excluding steroid dienone is 5. The molecule has 0 aromatic heterocycles. The monoisotopic (exact) mass is 1020 g/mol. The maximum absolute atomic E-state index is 13.5. The SMILES string of the molecule is CC/C=C/C/C=C/CCCCCCCCCC(=O)NC(COP(=O)([O-])OCC[N+](C)(C)C)C(/C=C/CCCCCCCCCCCC)OC(=O)CCCCCCCCCCCCCCCCCCCCC. The molecule has 0 saturated heterocycles. The molecule has 0 bridgehead atoms. The van der Waals surface area contributed by atoms with Gasteiger partial charge in [-0.05, 0) is 57.4 Å². The van der Waals surface area contributed by atoms with Gasteiger partial charge in [0.25, 0.3) is 7.82 Å². The minimum atomic E-state index is -4.69. The van der Waals surface area contributed by atoms with Gasteiger partial charge in [-0.3, -0.25) is 14.2 Å². The predicted octanol–water partition coefficient (Wildman–Crippen LogP) is 17.7. The van der Waals surface area contributed by atoms with Crippen molar-refractivity contribution < 1.29 is 37.3 Å². The zero-order chi connectivity index (χ0) is 52.2. The minimum absolute atomic E-state index is 0.0219. The van der Waals surface area contributed by atoms with Crippen LogP contribution in [0.2, 0.25) is 0 Å². The average Bonchev–Trinajstić information content (AvgIpc) is 3.33. The number of phosphoric acid groups is 1. The number of likely N-dealkylation sites (N-methyl/N-ethyl adjacent to an activating group) is 1. The maximum atomic E-state index is 13.5. The molecule has 0 radical (unpaired) electrons. The van der Waals surface area contributed by atoms with E-state index in [-0.39, 0.29) is 31.5 Å². The first-order chi connectivity index (χ1) is 34.4. The second kappa shape index (κ2) is 51.7. The summed E-state index contributed by atoms with van der Waals surface area (Å²) in [5.74, 6) is -0.539. The molecule has 0 heterocycles. The highest BCUT2D eigenvalue weighted by molar-refractivity contribution is 7.45. The van der Waals surface area contributed by atoms with E-state index in [1.54, 1.807) is 0 Å². The molecule has 0 aliphatic heterocycles. The van der Waals surface area contributed by atoms with Crippen LogP contribution in [0, 0.1) is 0 Å². The van der Waals surface area contributed by atoms with Crippen LogP contribution in [0.15, 0.2) is 36.5 Å². The molecule has 0 spiro atoms. The Balaban J connectivity index is 5.24. The molecular weight excluding hydrogens is 904 g/mol. The van der Waals surface area contributed by atoms with Crippen LogP contribution in [0.25, 0.3) is 0 Å². The fraction of sp³-hybridized carbons (Fsp3) is 0.869. The number of hydrogen-bond donors (Lipinski definition) is 1. The van der Waals surface area contributed by atoms with Gasteiger partial charge in [0, 0.05) is 12.8 Å². The lowest BCUT2D eigenvalue weighted by molar-refractivity contribution is -0.870. The fourth-order valence-electron chi connectivity index (χ4n) is 8.91. The van der Waals surface area contributed by atoms with Crippen molar-refractivity contribution in [2.24, 2.45) is 0 Å². The van der Waals surface area contributed by atoms with Crippen LogP contribution in [0.5, 0.6) is 0 Å². The summed E-state index contributed by atoms with van der Waals surface area (Å²) in [4.78, 5) is 39.9. The molecule has 0 aliphatic carbocycles. The van der Waals surface area contributed by atoms with Crippen LogP contribution < -0.4 is 10.2 Å². The highest BCUT2D eigenvalue weighted by atomic mass is 31.2. The van der Waals surface area contributed by atoms with Crippen LogP contribution >= 0.6 is 7.82 Å². The predicted molar refractivity (Wildman–Crippen MR) is 303 cm³/mol. The third-order valence-electron chi connectivity index (χ3n) is 13.6. The fourth-order valence-corrected chi connectivity index (χ4v) is 9.64. The second-order valence-electron chi connectivity index (χ2n) is 21.8. The third kappa shape index (κ3) is 52.9. The number of amides is 1. The molecule has 1 N–H and O–H groups in total. The van der Waals surface area contributed by atoms with E-state index >= 15 is 0 Å². The number of nitrogens with zero attached hydrogens (tertiary/aromatic N) is 1. The van der Waals surface area contributed by atoms with Gasteiger partial charge in [0.1, 0.15) is 19.3 Å². The standard InChI is InChI=1S/C61H117N2O7P/c1-7-10-13-16-19-22-25-28-30-31-32-33-34-36-39-42-45-48-51-54-61(65)70-59(52-49-46-43-40-37-27-24-21-18-15-12-9-3)58(57-69-71(66,67)68-56-55-63(4,5)6)62-60(64)53-50-47-44-41-38-35-29-26-23-20-17-14-11-8-2/h11,14,20,23,49,52,58-59H,7-10,12-13,15-19,21-22,24-48,50-51,53-57H2,1-6H3,(H-,62,64,66,67)/b14-11+,23-20+,52-49+. The first-order valence-electron chi connectivity index (χ1n) is 30.3. The summed E-state index contributed by atoms with van der Waals surface area (Å²) in [5, 5.41) is 3.02. The lowest BCUT2D eigenvalue weighted by Crippen LogP contribution is -2.47. The zero-order valence-corrected chi connectivity index (χ0v) is 48.6. The number of unbranched alkanes of at least 4 members (excludes halogenated alkanes) is 35. The van der Waals surface area contributed by atoms with E-state index in [4.69, 9.17) is 13.8 Å². The molecule has 10 heteroatoms. The van der Waals surface area contributed by atoms with Crippen molar-refractivity contribution in [2.45, 2.75) is 303 Å². The van der Waals surface area contributed by atoms with Crippen LogP contribution in [0.1, 0.15) is 290 Å². The summed E-state index contributed by atoms with van der Waals surface area (Å²) in [7, 11) is 1.19. The summed E-state index contributed by atoms with van der Waals surface area (Å²) in [6, 6.07) is -0.887. The molecule has 1 amide bonds. The molecule has 71 heavy (non-hydrogen) atoms. The third-order valence-corrected chi connectivity index (χ3v) is 14.5. The van der Waals surface area contributed by atoms with Gasteiger partial charge in [0.2, 0.25) is 5.91 Å². The molecule has 0 rings (SSSR count). The number of quaternary nitrogens is 1. The van der Waals surface area contributed by atoms with Crippen LogP contribution in [-0.2, 0) is 27.9 Å². The zero-order valence-electron chi connectivity index (χ0n) is 47.7. The Morgan fingerprint density at radius 3 is 1.34 bits per heavy atom. The van der Waals surface area contributed by atoms with Gasteiger partial charge in [-0.15, -0.1) is 0 Å². The minimum Gasteiger partial charge on any atom is -0.756 e. The van der Waals surface area contributed by atoms with Crippen molar-refractivity contribution >= 4 is 19.7 Å². The van der Waals surface area contributed by atoms with E-state index in [0.717, 1.165) is 83.5 Å². The van der Waals surface area contributed by atoms with Gasteiger partial charge >= 0.3 is 5.97 Å². The van der Waals surface area contributed by atoms with Crippen molar-refractivity contribution in [1.29, 1.82) is 0 Å². The summed E-state index contributed by atoms with van der Waals surface area (Å²) in [6.07, 6.45) is 61.1. The van der Waals surface area contributed by atoms with Crippen LogP contribution in [-0.4, -0.2) is 69.4 Å². The number of carbonyl (C=O) groups excluding carboxylic acids is 2. The van der Waals surface area contributed by atoms with Gasteiger partial charge in [0.05, 0.1) is 33.8 Å². The summed E-state index contributed by atoms with van der Waals surface area (Å²) in [6.45, 7) is 6.76. The molecule has 0 aliphatic rings. The Hall–Kier alpha value is -1.77. The van der Waals surface area contributed by atoms with Crippen molar-refractivity contribution in [2.75, 3.05) is 40.9 Å². The van der Waals surface area contributed by atoms with E-state index in [2.05, 4.69) is 50.4 Å². The quantitative estimate of drug-likeness (QED) is 0.0212. The average molecular weight is 1020 g/mol. The smallest absolute Gasteiger partial charge is 0.306 e. The van der Waals surface area contributed by atoms with E-state index in [1.165, 1.54) is 173 Å². The number of phosphoric ester groups is 1. The van der Waals surface area contributed by atoms with Gasteiger partial charge in [-0.25, -0.2) is 0 Å². The Morgan fingerprint density at radius 2 is 0.901 bits per heavy atom. The number of carbonyl (C=O) groups is 2. The van der Waals surface area contributed by atoms with E-state index in [9.17, 15) is 19.0 Å². The number of esters is 1. The number of hydrogen-bond acceptors (Lipinski definition) is 7. The molecule has 9 nitrogen and oxygen atoms in total. The van der Waals surface area contributed by atoms with Gasteiger partial charge in [-0.2, -0.15) is 0 Å². The molecule has 418 valence electrons. The summed E-state index contributed by atoms with van der Waals surface area (Å²) >= 11 is 0. The topological polar surface area (TPSA) is 114 Å². The first-order valence-corrected chi connectivity index (χ1v) is 31.8. The molecule has 0 fully saturated rings. The number of ether oxygens (including phenoxy) is 1. The molecule has 3 atom stereocenters. The van der Waals surface area contributed by atoms with Crippen LogP contribution in [0.4, 0.5) is 0 Å². The Morgan fingerprint density at radius 1 is 0.507 bits per heavy atom. The van der Waals surface area contributed by atoms with Crippen molar-refractivity contribution in [3.8, 4) is 0 Å². The summed E-state index contributed by atoms with van der Waals surface area (Å²) < 4.78 is 30.3. The highest BCUT2D eigenvalue weighted by Gasteiger charge is 2.27. The van der Waals surface area contributed by atoms with E-state index in [1.807, 2.05) is 33.3 Å². The lowest BCUT2D eigenvalue weighted by atomic mass is 10.0. The van der Waals surface area contributed by atoms with E-state index < -0.39 is 20.0 Å². The van der Waals surface area contributed by atoms with E-state index in [0.29, 0.717) is 17.4 Å². The van der Waals surface area contributed by atoms with Crippen LogP contribution in [0.3, 0.4) is 0 Å². The molecule has 0 aromatic carbocycles. The Bertz CT molecular complexity index is 1310. The van der Waals surface area contributed by atoms with Gasteiger partial charge in [0.15, 0.2) is 0 Å². The molecular formula is C61H117N2O7P. The van der Waals surface area contributed by atoms with Gasteiger partial charge < -0.3 is 28.5 Å². The van der Waals surface area contributed by atoms with Crippen molar-refractivity contribution in [3.63, 3.8) is 0 Å².